The highest BCUT2D eigenvalue weighted by atomic mass is 16.5. The number of hydrogen-bond donors (Lipinski definition) is 1. The van der Waals surface area contributed by atoms with Crippen molar-refractivity contribution < 1.29 is 9.15 Å². The minimum Gasteiger partial charge on any atom is -0.497 e. The average molecular weight is 260 g/mol. The van der Waals surface area contributed by atoms with Gasteiger partial charge in [-0.15, -0.1) is 0 Å². The molecule has 0 aliphatic carbocycles. The van der Waals surface area contributed by atoms with Gasteiger partial charge >= 0.3 is 0 Å². The maximum atomic E-state index is 5.47. The van der Waals surface area contributed by atoms with Crippen LogP contribution in [0.2, 0.25) is 0 Å². The van der Waals surface area contributed by atoms with Crippen LogP contribution < -0.4 is 15.0 Å². The van der Waals surface area contributed by atoms with E-state index in [9.17, 15) is 0 Å². The van der Waals surface area contributed by atoms with Crippen LogP contribution >= 0.6 is 0 Å². The number of anilines is 1. The molecule has 0 aliphatic rings. The summed E-state index contributed by atoms with van der Waals surface area (Å²) in [5.74, 6) is 1.86. The van der Waals surface area contributed by atoms with Crippen LogP contribution in [-0.4, -0.2) is 21.2 Å². The monoisotopic (exact) mass is 260 g/mol. The molecule has 0 atom stereocenters. The fourth-order valence-corrected chi connectivity index (χ4v) is 2.01. The molecule has 2 rings (SSSR count). The SMILES string of the molecule is CNCc1occc1CN(C)c1ccc(OC)cc1. The fraction of sp³-hybridized carbons (Fsp3) is 0.333. The molecular weight excluding hydrogens is 240 g/mol. The van der Waals surface area contributed by atoms with Crippen molar-refractivity contribution in [1.29, 1.82) is 0 Å². The predicted octanol–water partition coefficient (Wildman–Crippen LogP) is 2.64. The number of rotatable bonds is 6. The van der Waals surface area contributed by atoms with E-state index in [2.05, 4.69) is 29.4 Å². The molecule has 1 heterocycles. The van der Waals surface area contributed by atoms with Gasteiger partial charge in [-0.1, -0.05) is 0 Å². The minimum atomic E-state index is 0.749. The summed E-state index contributed by atoms with van der Waals surface area (Å²) in [6.07, 6.45) is 1.74. The Morgan fingerprint density at radius 3 is 2.58 bits per heavy atom. The summed E-state index contributed by atoms with van der Waals surface area (Å²) in [7, 11) is 5.66. The Morgan fingerprint density at radius 1 is 1.21 bits per heavy atom. The highest BCUT2D eigenvalue weighted by Crippen LogP contribution is 2.21. The number of furan rings is 1. The topological polar surface area (TPSA) is 37.6 Å². The van der Waals surface area contributed by atoms with Gasteiger partial charge in [0.15, 0.2) is 0 Å². The fourth-order valence-electron chi connectivity index (χ4n) is 2.01. The molecule has 0 amide bonds. The zero-order valence-electron chi connectivity index (χ0n) is 11.6. The molecule has 19 heavy (non-hydrogen) atoms. The van der Waals surface area contributed by atoms with Crippen molar-refractivity contribution in [3.63, 3.8) is 0 Å². The van der Waals surface area contributed by atoms with E-state index in [-0.39, 0.29) is 0 Å². The Bertz CT molecular complexity index is 505. The van der Waals surface area contributed by atoms with Crippen LogP contribution in [-0.2, 0) is 13.1 Å². The minimum absolute atomic E-state index is 0.749. The molecular formula is C15H20N2O2. The van der Waals surface area contributed by atoms with Crippen LogP contribution in [0.25, 0.3) is 0 Å². The molecule has 0 spiro atoms. The second-order valence-electron chi connectivity index (χ2n) is 4.45. The van der Waals surface area contributed by atoms with E-state index in [1.807, 2.05) is 25.2 Å². The van der Waals surface area contributed by atoms with Crippen molar-refractivity contribution in [2.45, 2.75) is 13.1 Å². The summed E-state index contributed by atoms with van der Waals surface area (Å²) >= 11 is 0. The molecule has 0 radical (unpaired) electrons. The normalized spacial score (nSPS) is 10.5. The van der Waals surface area contributed by atoms with Gasteiger partial charge in [0.25, 0.3) is 0 Å². The van der Waals surface area contributed by atoms with Crippen molar-refractivity contribution >= 4 is 5.69 Å². The predicted molar refractivity (Wildman–Crippen MR) is 76.6 cm³/mol. The van der Waals surface area contributed by atoms with Crippen molar-refractivity contribution in [1.82, 2.24) is 5.32 Å². The zero-order valence-corrected chi connectivity index (χ0v) is 11.6. The molecule has 0 saturated heterocycles. The first-order valence-corrected chi connectivity index (χ1v) is 6.29. The van der Waals surface area contributed by atoms with Gasteiger partial charge in [-0.3, -0.25) is 0 Å². The van der Waals surface area contributed by atoms with E-state index in [0.717, 1.165) is 30.3 Å². The lowest BCUT2D eigenvalue weighted by Crippen LogP contribution is -2.17. The molecule has 1 aromatic carbocycles. The summed E-state index contributed by atoms with van der Waals surface area (Å²) in [6, 6.07) is 10.1. The van der Waals surface area contributed by atoms with Gasteiger partial charge in [-0.25, -0.2) is 0 Å². The van der Waals surface area contributed by atoms with Crippen LogP contribution in [0, 0.1) is 0 Å². The van der Waals surface area contributed by atoms with Gasteiger partial charge in [0.05, 0.1) is 19.9 Å². The summed E-state index contributed by atoms with van der Waals surface area (Å²) in [6.45, 7) is 1.57. The molecule has 0 unspecified atom stereocenters. The Hall–Kier alpha value is -1.94. The van der Waals surface area contributed by atoms with Crippen molar-refractivity contribution in [2.75, 3.05) is 26.1 Å². The third-order valence-electron chi connectivity index (χ3n) is 3.10. The second-order valence-corrected chi connectivity index (χ2v) is 4.45. The van der Waals surface area contributed by atoms with Gasteiger partial charge in [0.2, 0.25) is 0 Å². The van der Waals surface area contributed by atoms with Gasteiger partial charge in [0, 0.05) is 24.8 Å². The first-order valence-electron chi connectivity index (χ1n) is 6.29. The summed E-state index contributed by atoms with van der Waals surface area (Å²) in [4.78, 5) is 2.18. The third-order valence-corrected chi connectivity index (χ3v) is 3.10. The molecule has 4 nitrogen and oxygen atoms in total. The second kappa shape index (κ2) is 6.29. The maximum absolute atomic E-state index is 5.47. The van der Waals surface area contributed by atoms with E-state index >= 15 is 0 Å². The molecule has 102 valence electrons. The van der Waals surface area contributed by atoms with Crippen LogP contribution in [0.3, 0.4) is 0 Å². The molecule has 1 aromatic heterocycles. The number of hydrogen-bond acceptors (Lipinski definition) is 4. The van der Waals surface area contributed by atoms with Crippen molar-refractivity contribution in [3.8, 4) is 5.75 Å². The smallest absolute Gasteiger partial charge is 0.122 e. The molecule has 0 aliphatic heterocycles. The molecule has 0 saturated carbocycles. The Morgan fingerprint density at radius 2 is 1.95 bits per heavy atom. The first kappa shape index (κ1) is 13.5. The number of nitrogens with one attached hydrogen (secondary N) is 1. The molecule has 0 bridgehead atoms. The van der Waals surface area contributed by atoms with Crippen molar-refractivity contribution in [3.05, 3.63) is 47.9 Å². The molecule has 0 fully saturated rings. The van der Waals surface area contributed by atoms with E-state index in [0.29, 0.717) is 0 Å². The van der Waals surface area contributed by atoms with Crippen LogP contribution in [0.5, 0.6) is 5.75 Å². The molecule has 2 aromatic rings. The van der Waals surface area contributed by atoms with Gasteiger partial charge in [-0.05, 0) is 37.4 Å². The van der Waals surface area contributed by atoms with Gasteiger partial charge in [-0.2, -0.15) is 0 Å². The highest BCUT2D eigenvalue weighted by Gasteiger charge is 2.09. The summed E-state index contributed by atoms with van der Waals surface area (Å²) in [5.41, 5.74) is 2.35. The number of benzene rings is 1. The number of methoxy groups -OCH3 is 1. The summed E-state index contributed by atoms with van der Waals surface area (Å²) in [5, 5.41) is 3.11. The lowest BCUT2D eigenvalue weighted by molar-refractivity contribution is 0.415. The molecule has 4 heteroatoms. The third kappa shape index (κ3) is 3.29. The van der Waals surface area contributed by atoms with Crippen LogP contribution in [0.4, 0.5) is 5.69 Å². The van der Waals surface area contributed by atoms with Crippen molar-refractivity contribution in [2.24, 2.45) is 0 Å². The first-order chi connectivity index (χ1) is 9.24. The number of nitrogens with zero attached hydrogens (tertiary/aromatic N) is 1. The van der Waals surface area contributed by atoms with E-state index in [1.165, 1.54) is 5.56 Å². The Balaban J connectivity index is 2.06. The highest BCUT2D eigenvalue weighted by molar-refractivity contribution is 5.49. The standard InChI is InChI=1S/C15H20N2O2/c1-16-10-15-12(8-9-19-15)11-17(2)13-4-6-14(18-3)7-5-13/h4-9,16H,10-11H2,1-3H3. The quantitative estimate of drug-likeness (QED) is 0.866. The maximum Gasteiger partial charge on any atom is 0.122 e. The largest absolute Gasteiger partial charge is 0.497 e. The van der Waals surface area contributed by atoms with E-state index in [4.69, 9.17) is 9.15 Å². The average Bonchev–Trinajstić information content (AvgIpc) is 2.86. The van der Waals surface area contributed by atoms with Gasteiger partial charge in [0.1, 0.15) is 11.5 Å². The molecule has 1 N–H and O–H groups in total. The zero-order chi connectivity index (χ0) is 13.7. The lowest BCUT2D eigenvalue weighted by atomic mass is 10.2. The van der Waals surface area contributed by atoms with Gasteiger partial charge < -0.3 is 19.4 Å². The number of ether oxygens (including phenoxy) is 1. The van der Waals surface area contributed by atoms with E-state index < -0.39 is 0 Å². The van der Waals surface area contributed by atoms with Crippen LogP contribution in [0.1, 0.15) is 11.3 Å². The Kier molecular flexibility index (Phi) is 4.47. The summed E-state index contributed by atoms with van der Waals surface area (Å²) < 4.78 is 10.6. The Labute approximate surface area is 114 Å². The van der Waals surface area contributed by atoms with Crippen LogP contribution in [0.15, 0.2) is 41.0 Å². The van der Waals surface area contributed by atoms with E-state index in [1.54, 1.807) is 13.4 Å². The lowest BCUT2D eigenvalue weighted by Gasteiger charge is -2.19.